The quantitative estimate of drug-likeness (QED) is 0.698. The van der Waals surface area contributed by atoms with Gasteiger partial charge in [0, 0.05) is 24.7 Å². The van der Waals surface area contributed by atoms with Crippen molar-refractivity contribution in [3.63, 3.8) is 0 Å². The highest BCUT2D eigenvalue weighted by Gasteiger charge is 2.12. The van der Waals surface area contributed by atoms with E-state index in [1.54, 1.807) is 25.3 Å². The Balaban J connectivity index is 2.51. The van der Waals surface area contributed by atoms with Crippen LogP contribution in [-0.2, 0) is 4.79 Å². The minimum Gasteiger partial charge on any atom is -0.495 e. The molecular formula is C14H19BrN2O4. The highest BCUT2D eigenvalue weighted by atomic mass is 79.9. The zero-order valence-electron chi connectivity index (χ0n) is 12.0. The first-order valence-corrected chi connectivity index (χ1v) is 7.35. The van der Waals surface area contributed by atoms with Gasteiger partial charge < -0.3 is 20.5 Å². The molecule has 0 heterocycles. The molecule has 1 aromatic carbocycles. The fourth-order valence-corrected chi connectivity index (χ4v) is 2.17. The van der Waals surface area contributed by atoms with E-state index in [-0.39, 0.29) is 18.4 Å². The first-order valence-electron chi connectivity index (χ1n) is 6.56. The number of nitrogens with one attached hydrogen (secondary N) is 2. The van der Waals surface area contributed by atoms with Crippen molar-refractivity contribution in [2.45, 2.75) is 19.8 Å². The number of carbonyl (C=O) groups is 2. The number of carboxylic acids is 1. The molecule has 0 aromatic heterocycles. The topological polar surface area (TPSA) is 87.7 Å². The molecule has 2 amide bonds. The van der Waals surface area contributed by atoms with Gasteiger partial charge in [0.15, 0.2) is 0 Å². The summed E-state index contributed by atoms with van der Waals surface area (Å²) in [6.45, 7) is 2.22. The monoisotopic (exact) mass is 358 g/mol. The molecule has 0 bridgehead atoms. The summed E-state index contributed by atoms with van der Waals surface area (Å²) in [7, 11) is 1.54. The van der Waals surface area contributed by atoms with Crippen LogP contribution in [0.2, 0.25) is 0 Å². The minimum atomic E-state index is -0.860. The number of hydrogen-bond acceptors (Lipinski definition) is 3. The van der Waals surface area contributed by atoms with E-state index < -0.39 is 5.97 Å². The van der Waals surface area contributed by atoms with Crippen LogP contribution in [0.1, 0.15) is 19.8 Å². The number of carboxylic acid groups (broad SMARTS) is 1. The van der Waals surface area contributed by atoms with Crippen molar-refractivity contribution < 1.29 is 19.4 Å². The lowest BCUT2D eigenvalue weighted by atomic mass is 10.0. The summed E-state index contributed by atoms with van der Waals surface area (Å²) in [5.74, 6) is -0.320. The Morgan fingerprint density at radius 1 is 1.43 bits per heavy atom. The van der Waals surface area contributed by atoms with Crippen LogP contribution in [0.5, 0.6) is 5.75 Å². The third-order valence-electron chi connectivity index (χ3n) is 3.00. The molecule has 21 heavy (non-hydrogen) atoms. The van der Waals surface area contributed by atoms with Gasteiger partial charge in [-0.15, -0.1) is 0 Å². The lowest BCUT2D eigenvalue weighted by molar-refractivity contribution is -0.138. The number of ether oxygens (including phenoxy) is 1. The van der Waals surface area contributed by atoms with E-state index in [4.69, 9.17) is 9.84 Å². The normalized spacial score (nSPS) is 11.6. The van der Waals surface area contributed by atoms with Gasteiger partial charge in [0.05, 0.1) is 11.6 Å². The maximum absolute atomic E-state index is 11.8. The molecule has 1 aromatic rings. The molecule has 116 valence electrons. The van der Waals surface area contributed by atoms with Gasteiger partial charge in [0.2, 0.25) is 0 Å². The van der Waals surface area contributed by atoms with Crippen LogP contribution in [-0.4, -0.2) is 30.8 Å². The number of anilines is 1. The number of rotatable bonds is 7. The molecule has 7 heteroatoms. The van der Waals surface area contributed by atoms with Crippen LogP contribution >= 0.6 is 15.9 Å². The van der Waals surface area contributed by atoms with Crippen LogP contribution in [0.3, 0.4) is 0 Å². The zero-order valence-corrected chi connectivity index (χ0v) is 13.6. The number of amides is 2. The van der Waals surface area contributed by atoms with Crippen molar-refractivity contribution >= 4 is 33.6 Å². The maximum atomic E-state index is 11.8. The smallest absolute Gasteiger partial charge is 0.319 e. The lowest BCUT2D eigenvalue weighted by Crippen LogP contribution is -2.33. The first-order chi connectivity index (χ1) is 9.96. The molecule has 0 fully saturated rings. The average Bonchev–Trinajstić information content (AvgIpc) is 2.45. The summed E-state index contributed by atoms with van der Waals surface area (Å²) in [6.07, 6.45) is 0.738. The second-order valence-electron chi connectivity index (χ2n) is 4.56. The average molecular weight is 359 g/mol. The number of methoxy groups -OCH3 is 1. The molecule has 0 radical (unpaired) electrons. The van der Waals surface area contributed by atoms with E-state index >= 15 is 0 Å². The number of aliphatic carboxylic acids is 1. The Labute approximate surface area is 132 Å². The molecule has 1 atom stereocenters. The number of halogens is 1. The molecule has 1 rings (SSSR count). The molecule has 0 saturated carbocycles. The van der Waals surface area contributed by atoms with Gasteiger partial charge >= 0.3 is 12.0 Å². The highest BCUT2D eigenvalue weighted by molar-refractivity contribution is 9.10. The fraction of sp³-hybridized carbons (Fsp3) is 0.429. The summed E-state index contributed by atoms with van der Waals surface area (Å²) in [5.41, 5.74) is 0.596. The molecule has 0 aliphatic heterocycles. The third kappa shape index (κ3) is 6.03. The molecule has 0 aliphatic rings. The summed E-state index contributed by atoms with van der Waals surface area (Å²) < 4.78 is 5.94. The Morgan fingerprint density at radius 2 is 2.14 bits per heavy atom. The number of carbonyl (C=O) groups excluding carboxylic acids is 1. The van der Waals surface area contributed by atoms with Crippen molar-refractivity contribution in [2.24, 2.45) is 5.92 Å². The van der Waals surface area contributed by atoms with Gasteiger partial charge in [-0.3, -0.25) is 4.79 Å². The Kier molecular flexibility index (Phi) is 7.01. The van der Waals surface area contributed by atoms with Crippen LogP contribution < -0.4 is 15.4 Å². The van der Waals surface area contributed by atoms with Crippen molar-refractivity contribution in [1.82, 2.24) is 5.32 Å². The van der Waals surface area contributed by atoms with Gasteiger partial charge in [0.1, 0.15) is 5.75 Å². The summed E-state index contributed by atoms with van der Waals surface area (Å²) in [5, 5.41) is 14.1. The largest absolute Gasteiger partial charge is 0.495 e. The lowest BCUT2D eigenvalue weighted by Gasteiger charge is -2.14. The Bertz CT molecular complexity index is 508. The van der Waals surface area contributed by atoms with Crippen molar-refractivity contribution in [2.75, 3.05) is 19.0 Å². The van der Waals surface area contributed by atoms with Crippen LogP contribution in [0, 0.1) is 5.92 Å². The van der Waals surface area contributed by atoms with Crippen molar-refractivity contribution in [1.29, 1.82) is 0 Å². The molecular weight excluding hydrogens is 340 g/mol. The molecule has 1 unspecified atom stereocenters. The molecule has 6 nitrogen and oxygen atoms in total. The fourth-order valence-electron chi connectivity index (χ4n) is 1.76. The van der Waals surface area contributed by atoms with Gasteiger partial charge in [-0.2, -0.15) is 0 Å². The van der Waals surface area contributed by atoms with Gasteiger partial charge in [-0.25, -0.2) is 4.79 Å². The summed E-state index contributed by atoms with van der Waals surface area (Å²) in [6, 6.07) is 4.83. The molecule has 3 N–H and O–H groups in total. The van der Waals surface area contributed by atoms with Crippen LogP contribution in [0.15, 0.2) is 22.7 Å². The van der Waals surface area contributed by atoms with Crippen molar-refractivity contribution in [3.8, 4) is 5.75 Å². The van der Waals surface area contributed by atoms with E-state index in [1.807, 2.05) is 6.92 Å². The van der Waals surface area contributed by atoms with Gasteiger partial charge in [-0.1, -0.05) is 13.3 Å². The van der Waals surface area contributed by atoms with Crippen LogP contribution in [0.4, 0.5) is 10.5 Å². The highest BCUT2D eigenvalue weighted by Crippen LogP contribution is 2.27. The predicted octanol–water partition coefficient (Wildman–Crippen LogP) is 3.08. The third-order valence-corrected chi connectivity index (χ3v) is 3.66. The van der Waals surface area contributed by atoms with Crippen molar-refractivity contribution in [3.05, 3.63) is 22.7 Å². The number of urea groups is 1. The predicted molar refractivity (Wildman–Crippen MR) is 83.7 cm³/mol. The van der Waals surface area contributed by atoms with E-state index in [0.29, 0.717) is 24.4 Å². The zero-order chi connectivity index (χ0) is 15.8. The second-order valence-corrected chi connectivity index (χ2v) is 5.41. The molecule has 0 spiro atoms. The second kappa shape index (κ2) is 8.51. The Morgan fingerprint density at radius 3 is 2.71 bits per heavy atom. The van der Waals surface area contributed by atoms with E-state index in [9.17, 15) is 9.59 Å². The number of benzene rings is 1. The Hall–Kier alpha value is -1.76. The summed E-state index contributed by atoms with van der Waals surface area (Å²) >= 11 is 3.33. The summed E-state index contributed by atoms with van der Waals surface area (Å²) in [4.78, 5) is 22.4. The van der Waals surface area contributed by atoms with Gasteiger partial charge in [-0.05, 0) is 34.0 Å². The maximum Gasteiger partial charge on any atom is 0.319 e. The number of hydrogen-bond donors (Lipinski definition) is 3. The SMILES string of the molecule is CCC(CNC(=O)Nc1ccc(Br)c(OC)c1)CC(=O)O. The van der Waals surface area contributed by atoms with Gasteiger partial charge in [0.25, 0.3) is 0 Å². The van der Waals surface area contributed by atoms with E-state index in [0.717, 1.165) is 4.47 Å². The first kappa shape index (κ1) is 17.3. The standard InChI is InChI=1S/C14H19BrN2O4/c1-3-9(6-13(18)19)8-16-14(20)17-10-4-5-11(15)12(7-10)21-2/h4-5,7,9H,3,6,8H2,1-2H3,(H,18,19)(H2,16,17,20). The van der Waals surface area contributed by atoms with Crippen LogP contribution in [0.25, 0.3) is 0 Å². The molecule has 0 saturated heterocycles. The molecule has 0 aliphatic carbocycles. The van der Waals surface area contributed by atoms with E-state index in [2.05, 4.69) is 26.6 Å². The van der Waals surface area contributed by atoms with E-state index in [1.165, 1.54) is 0 Å². The minimum absolute atomic E-state index is 0.0445.